The number of ether oxygens (including phenoxy) is 1. The molecule has 41 heavy (non-hydrogen) atoms. The molecule has 0 saturated heterocycles. The van der Waals surface area contributed by atoms with E-state index in [-0.39, 0.29) is 24.4 Å². The Morgan fingerprint density at radius 2 is 1.71 bits per heavy atom. The van der Waals surface area contributed by atoms with E-state index >= 15 is 0 Å². The highest BCUT2D eigenvalue weighted by atomic mass is 16.5. The summed E-state index contributed by atoms with van der Waals surface area (Å²) in [6.07, 6.45) is 8.79. The van der Waals surface area contributed by atoms with E-state index in [9.17, 15) is 9.59 Å². The molecular formula is C34H38N4O3. The van der Waals surface area contributed by atoms with Gasteiger partial charge in [-0.05, 0) is 73.2 Å². The van der Waals surface area contributed by atoms with Crippen molar-refractivity contribution in [3.63, 3.8) is 0 Å². The van der Waals surface area contributed by atoms with E-state index in [4.69, 9.17) is 4.74 Å². The molecule has 1 heterocycles. The molecule has 7 nitrogen and oxygen atoms in total. The van der Waals surface area contributed by atoms with Crippen molar-refractivity contribution in [1.82, 2.24) is 14.9 Å². The minimum Gasteiger partial charge on any atom is -0.497 e. The number of benzene rings is 3. The minimum atomic E-state index is -0.838. The molecule has 1 atom stereocenters. The highest BCUT2D eigenvalue weighted by Gasteiger charge is 2.35. The number of methoxy groups -OCH3 is 1. The van der Waals surface area contributed by atoms with Crippen molar-refractivity contribution < 1.29 is 14.3 Å². The van der Waals surface area contributed by atoms with Crippen LogP contribution in [0.1, 0.15) is 55.1 Å². The standard InChI is InChI=1S/C34H38N4O3/c1-24-11-7-8-18-31(24)33(34(40)36-28-14-5-4-6-15-28)38(32(39)23-37-20-19-35-25(37)2)29-16-9-12-26(21-29)27-13-10-17-30(22-27)41-3/h7-13,16-22,28,33H,4-6,14-15,23H2,1-3H3,(H,36,40). The van der Waals surface area contributed by atoms with Crippen LogP contribution in [0, 0.1) is 13.8 Å². The van der Waals surface area contributed by atoms with Gasteiger partial charge < -0.3 is 14.6 Å². The van der Waals surface area contributed by atoms with Crippen molar-refractivity contribution in [1.29, 1.82) is 0 Å². The monoisotopic (exact) mass is 550 g/mol. The number of rotatable bonds is 9. The van der Waals surface area contributed by atoms with Crippen molar-refractivity contribution in [2.45, 2.75) is 64.6 Å². The number of aromatic nitrogens is 2. The summed E-state index contributed by atoms with van der Waals surface area (Å²) < 4.78 is 7.26. The maximum atomic E-state index is 14.3. The summed E-state index contributed by atoms with van der Waals surface area (Å²) in [5, 5.41) is 3.31. The van der Waals surface area contributed by atoms with Gasteiger partial charge in [0.1, 0.15) is 24.2 Å². The molecule has 3 aromatic carbocycles. The summed E-state index contributed by atoms with van der Waals surface area (Å²) in [6, 6.07) is 22.7. The summed E-state index contributed by atoms with van der Waals surface area (Å²) in [5.41, 5.74) is 4.30. The number of carbonyl (C=O) groups excluding carboxylic acids is 2. The summed E-state index contributed by atoms with van der Waals surface area (Å²) in [7, 11) is 1.64. The van der Waals surface area contributed by atoms with Crippen LogP contribution in [-0.2, 0) is 16.1 Å². The molecule has 1 aliphatic carbocycles. The van der Waals surface area contributed by atoms with Crippen LogP contribution in [-0.4, -0.2) is 34.5 Å². The molecule has 0 radical (unpaired) electrons. The van der Waals surface area contributed by atoms with E-state index in [0.29, 0.717) is 5.69 Å². The first-order valence-corrected chi connectivity index (χ1v) is 14.3. The third-order valence-electron chi connectivity index (χ3n) is 7.97. The molecule has 0 spiro atoms. The van der Waals surface area contributed by atoms with Crippen LogP contribution in [0.2, 0.25) is 0 Å². The van der Waals surface area contributed by atoms with Gasteiger partial charge in [-0.1, -0.05) is 67.8 Å². The number of amides is 2. The van der Waals surface area contributed by atoms with Crippen LogP contribution >= 0.6 is 0 Å². The number of nitrogens with zero attached hydrogens (tertiary/aromatic N) is 3. The zero-order valence-corrected chi connectivity index (χ0v) is 24.0. The summed E-state index contributed by atoms with van der Waals surface area (Å²) >= 11 is 0. The number of hydrogen-bond donors (Lipinski definition) is 1. The second-order valence-electron chi connectivity index (χ2n) is 10.8. The lowest BCUT2D eigenvalue weighted by Gasteiger charge is -2.34. The van der Waals surface area contributed by atoms with Crippen LogP contribution in [0.5, 0.6) is 5.75 Å². The second-order valence-corrected chi connectivity index (χ2v) is 10.8. The SMILES string of the molecule is COc1cccc(-c2cccc(N(C(=O)Cn3ccnc3C)C(C(=O)NC3CCCCC3)c3ccccc3C)c2)c1. The summed E-state index contributed by atoms with van der Waals surface area (Å²) in [6.45, 7) is 3.93. The first-order chi connectivity index (χ1) is 19.9. The largest absolute Gasteiger partial charge is 0.497 e. The minimum absolute atomic E-state index is 0.0638. The van der Waals surface area contributed by atoms with Crippen LogP contribution in [0.4, 0.5) is 5.69 Å². The average Bonchev–Trinajstić information content (AvgIpc) is 3.40. The molecule has 5 rings (SSSR count). The molecule has 1 unspecified atom stereocenters. The molecule has 1 aliphatic rings. The second kappa shape index (κ2) is 12.9. The zero-order valence-electron chi connectivity index (χ0n) is 24.0. The number of carbonyl (C=O) groups is 2. The molecule has 4 aromatic rings. The van der Waals surface area contributed by atoms with E-state index in [1.165, 1.54) is 6.42 Å². The molecule has 0 bridgehead atoms. The normalized spacial score (nSPS) is 14.3. The van der Waals surface area contributed by atoms with E-state index in [1.807, 2.05) is 91.2 Å². The van der Waals surface area contributed by atoms with E-state index in [0.717, 1.165) is 59.5 Å². The van der Waals surface area contributed by atoms with Crippen molar-refractivity contribution in [3.05, 3.63) is 102 Å². The van der Waals surface area contributed by atoms with Gasteiger partial charge in [0, 0.05) is 24.1 Å². The first-order valence-electron chi connectivity index (χ1n) is 14.3. The van der Waals surface area contributed by atoms with Gasteiger partial charge in [0.15, 0.2) is 0 Å². The third-order valence-corrected chi connectivity index (χ3v) is 7.97. The van der Waals surface area contributed by atoms with E-state index in [2.05, 4.69) is 10.3 Å². The fourth-order valence-electron chi connectivity index (χ4n) is 5.69. The molecule has 1 fully saturated rings. The Kier molecular flexibility index (Phi) is 8.82. The van der Waals surface area contributed by atoms with Gasteiger partial charge in [0.05, 0.1) is 7.11 Å². The zero-order chi connectivity index (χ0) is 28.8. The Bertz CT molecular complexity index is 1510. The van der Waals surface area contributed by atoms with Gasteiger partial charge in [-0.25, -0.2) is 4.98 Å². The molecule has 1 saturated carbocycles. The van der Waals surface area contributed by atoms with Crippen molar-refractivity contribution >= 4 is 17.5 Å². The Hall–Kier alpha value is -4.39. The lowest BCUT2D eigenvalue weighted by molar-refractivity contribution is -0.127. The number of imidazole rings is 1. The average molecular weight is 551 g/mol. The van der Waals surface area contributed by atoms with Crippen LogP contribution < -0.4 is 15.0 Å². The molecule has 1 aromatic heterocycles. The van der Waals surface area contributed by atoms with Crippen LogP contribution in [0.15, 0.2) is 85.2 Å². The van der Waals surface area contributed by atoms with Gasteiger partial charge in [0.25, 0.3) is 0 Å². The maximum Gasteiger partial charge on any atom is 0.248 e. The van der Waals surface area contributed by atoms with Gasteiger partial charge in [-0.3, -0.25) is 14.5 Å². The number of hydrogen-bond acceptors (Lipinski definition) is 4. The highest BCUT2D eigenvalue weighted by Crippen LogP contribution is 2.34. The molecule has 212 valence electrons. The molecule has 1 N–H and O–H groups in total. The smallest absolute Gasteiger partial charge is 0.248 e. The molecule has 0 aliphatic heterocycles. The predicted octanol–water partition coefficient (Wildman–Crippen LogP) is 6.40. The Morgan fingerprint density at radius 1 is 0.976 bits per heavy atom. The predicted molar refractivity (Wildman–Crippen MR) is 162 cm³/mol. The fourth-order valence-corrected chi connectivity index (χ4v) is 5.69. The van der Waals surface area contributed by atoms with Crippen molar-refractivity contribution in [2.75, 3.05) is 12.0 Å². The molecular weight excluding hydrogens is 512 g/mol. The first kappa shape index (κ1) is 28.1. The van der Waals surface area contributed by atoms with Crippen LogP contribution in [0.25, 0.3) is 11.1 Å². The number of nitrogens with one attached hydrogen (secondary N) is 1. The van der Waals surface area contributed by atoms with E-state index < -0.39 is 6.04 Å². The lowest BCUT2D eigenvalue weighted by atomic mass is 9.93. The number of aryl methyl sites for hydroxylation is 2. The van der Waals surface area contributed by atoms with E-state index in [1.54, 1.807) is 24.4 Å². The Morgan fingerprint density at radius 3 is 2.41 bits per heavy atom. The molecule has 7 heteroatoms. The van der Waals surface area contributed by atoms with Crippen LogP contribution in [0.3, 0.4) is 0 Å². The third kappa shape index (κ3) is 6.51. The fraction of sp³-hybridized carbons (Fsp3) is 0.324. The van der Waals surface area contributed by atoms with Gasteiger partial charge in [-0.2, -0.15) is 0 Å². The van der Waals surface area contributed by atoms with Crippen molar-refractivity contribution in [3.8, 4) is 16.9 Å². The lowest BCUT2D eigenvalue weighted by Crippen LogP contribution is -2.48. The van der Waals surface area contributed by atoms with Gasteiger partial charge in [0.2, 0.25) is 11.8 Å². The molecule has 2 amide bonds. The Labute approximate surface area is 242 Å². The Balaban J connectivity index is 1.61. The number of anilines is 1. The maximum absolute atomic E-state index is 14.3. The van der Waals surface area contributed by atoms with Gasteiger partial charge >= 0.3 is 0 Å². The highest BCUT2D eigenvalue weighted by molar-refractivity contribution is 6.02. The quantitative estimate of drug-likeness (QED) is 0.262. The summed E-state index contributed by atoms with van der Waals surface area (Å²) in [4.78, 5) is 34.5. The van der Waals surface area contributed by atoms with Gasteiger partial charge in [-0.15, -0.1) is 0 Å². The topological polar surface area (TPSA) is 76.5 Å². The van der Waals surface area contributed by atoms with Crippen molar-refractivity contribution in [2.24, 2.45) is 0 Å². The summed E-state index contributed by atoms with van der Waals surface area (Å²) in [5.74, 6) is 1.14.